The Morgan fingerprint density at radius 1 is 0.404 bits per heavy atom. The average molecular weight is 604 g/mol. The lowest BCUT2D eigenvalue weighted by molar-refractivity contribution is 0.660. The molecule has 0 unspecified atom stereocenters. The molecule has 47 heavy (non-hydrogen) atoms. The van der Waals surface area contributed by atoms with E-state index in [4.69, 9.17) is 4.42 Å². The van der Waals surface area contributed by atoms with E-state index in [9.17, 15) is 0 Å². The van der Waals surface area contributed by atoms with Crippen LogP contribution in [0.25, 0.3) is 55.3 Å². The van der Waals surface area contributed by atoms with E-state index in [1.165, 1.54) is 44.5 Å². The van der Waals surface area contributed by atoms with Crippen LogP contribution in [-0.2, 0) is 5.41 Å². The van der Waals surface area contributed by atoms with Crippen LogP contribution in [0, 0.1) is 0 Å². The van der Waals surface area contributed by atoms with E-state index in [1.807, 2.05) is 12.1 Å². The molecule has 1 aliphatic carbocycles. The minimum atomic E-state index is -0.0321. The normalized spacial score (nSPS) is 13.1. The molecule has 2 heteroatoms. The minimum absolute atomic E-state index is 0.0321. The molecule has 8 aromatic rings. The highest BCUT2D eigenvalue weighted by atomic mass is 16.3. The summed E-state index contributed by atoms with van der Waals surface area (Å²) in [6.07, 6.45) is 0. The van der Waals surface area contributed by atoms with Gasteiger partial charge in [0.15, 0.2) is 0 Å². The number of hydrogen-bond acceptors (Lipinski definition) is 2. The Kier molecular flexibility index (Phi) is 6.20. The first-order chi connectivity index (χ1) is 23.0. The molecule has 7 aromatic carbocycles. The van der Waals surface area contributed by atoms with Crippen LogP contribution < -0.4 is 4.90 Å². The van der Waals surface area contributed by atoms with Crippen molar-refractivity contribution in [3.8, 4) is 33.4 Å². The highest BCUT2D eigenvalue weighted by Gasteiger charge is 2.35. The average Bonchev–Trinajstić information content (AvgIpc) is 3.61. The summed E-state index contributed by atoms with van der Waals surface area (Å²) in [7, 11) is 0. The zero-order valence-electron chi connectivity index (χ0n) is 26.4. The third-order valence-electron chi connectivity index (χ3n) is 9.89. The Labute approximate surface area is 275 Å². The van der Waals surface area contributed by atoms with Crippen molar-refractivity contribution in [3.63, 3.8) is 0 Å². The van der Waals surface area contributed by atoms with Crippen LogP contribution in [0.1, 0.15) is 25.0 Å². The second-order valence-electron chi connectivity index (χ2n) is 13.0. The first kappa shape index (κ1) is 27.5. The molecule has 2 nitrogen and oxygen atoms in total. The largest absolute Gasteiger partial charge is 0.456 e. The van der Waals surface area contributed by atoms with Gasteiger partial charge >= 0.3 is 0 Å². The Morgan fingerprint density at radius 2 is 0.957 bits per heavy atom. The number of furan rings is 1. The lowest BCUT2D eigenvalue weighted by Gasteiger charge is -2.27. The summed E-state index contributed by atoms with van der Waals surface area (Å²) >= 11 is 0. The molecule has 1 heterocycles. The molecule has 0 fully saturated rings. The van der Waals surface area contributed by atoms with E-state index in [2.05, 4.69) is 170 Å². The SMILES string of the molecule is CC1(C)c2ccccc2-c2cc(N(c3ccc(-c4ccccc4)cc3)c3ccc(-c4ccc5oc6ccccc6c5c4)cc3)ccc21. The fourth-order valence-corrected chi connectivity index (χ4v) is 7.44. The summed E-state index contributed by atoms with van der Waals surface area (Å²) in [6, 6.07) is 59.0. The predicted molar refractivity (Wildman–Crippen MR) is 197 cm³/mol. The molecule has 1 aliphatic rings. The fraction of sp³-hybridized carbons (Fsp3) is 0.0667. The van der Waals surface area contributed by atoms with Crippen LogP contribution in [0.4, 0.5) is 17.1 Å². The first-order valence-electron chi connectivity index (χ1n) is 16.3. The van der Waals surface area contributed by atoms with E-state index in [0.29, 0.717) is 0 Å². The van der Waals surface area contributed by atoms with Gasteiger partial charge in [-0.2, -0.15) is 0 Å². The van der Waals surface area contributed by atoms with Gasteiger partial charge < -0.3 is 9.32 Å². The molecule has 0 N–H and O–H groups in total. The Bertz CT molecular complexity index is 2410. The maximum Gasteiger partial charge on any atom is 0.135 e. The van der Waals surface area contributed by atoms with E-state index >= 15 is 0 Å². The van der Waals surface area contributed by atoms with Crippen molar-refractivity contribution in [1.29, 1.82) is 0 Å². The van der Waals surface area contributed by atoms with Crippen molar-refractivity contribution in [2.24, 2.45) is 0 Å². The van der Waals surface area contributed by atoms with Gasteiger partial charge in [0, 0.05) is 33.2 Å². The maximum atomic E-state index is 6.09. The number of anilines is 3. The highest BCUT2D eigenvalue weighted by Crippen LogP contribution is 2.50. The van der Waals surface area contributed by atoms with Gasteiger partial charge in [-0.1, -0.05) is 123 Å². The number of benzene rings is 7. The number of fused-ring (bicyclic) bond motifs is 6. The summed E-state index contributed by atoms with van der Waals surface area (Å²) in [5, 5.41) is 2.29. The molecule has 0 saturated heterocycles. The smallest absolute Gasteiger partial charge is 0.135 e. The maximum absolute atomic E-state index is 6.09. The van der Waals surface area contributed by atoms with Crippen molar-refractivity contribution >= 4 is 39.0 Å². The number of hydrogen-bond donors (Lipinski definition) is 0. The Hall–Kier alpha value is -5.86. The molecule has 0 saturated carbocycles. The summed E-state index contributed by atoms with van der Waals surface area (Å²) in [5.74, 6) is 0. The molecule has 0 radical (unpaired) electrons. The highest BCUT2D eigenvalue weighted by molar-refractivity contribution is 6.06. The van der Waals surface area contributed by atoms with Crippen LogP contribution in [0.2, 0.25) is 0 Å². The van der Waals surface area contributed by atoms with Crippen molar-refractivity contribution in [3.05, 3.63) is 175 Å². The zero-order chi connectivity index (χ0) is 31.5. The molecule has 0 atom stereocenters. The molecule has 9 rings (SSSR count). The van der Waals surface area contributed by atoms with Gasteiger partial charge in [0.05, 0.1) is 0 Å². The van der Waals surface area contributed by atoms with Crippen molar-refractivity contribution < 1.29 is 4.42 Å². The van der Waals surface area contributed by atoms with E-state index < -0.39 is 0 Å². The van der Waals surface area contributed by atoms with Gasteiger partial charge in [0.2, 0.25) is 0 Å². The molecular formula is C45H33NO. The molecule has 0 amide bonds. The van der Waals surface area contributed by atoms with Gasteiger partial charge in [-0.05, 0) is 99.1 Å². The van der Waals surface area contributed by atoms with Crippen LogP contribution in [0.3, 0.4) is 0 Å². The van der Waals surface area contributed by atoms with E-state index in [0.717, 1.165) is 39.0 Å². The third kappa shape index (κ3) is 4.48. The van der Waals surface area contributed by atoms with Crippen LogP contribution in [0.5, 0.6) is 0 Å². The molecule has 0 aliphatic heterocycles. The molecule has 0 spiro atoms. The van der Waals surface area contributed by atoms with Gasteiger partial charge in [0.25, 0.3) is 0 Å². The van der Waals surface area contributed by atoms with Crippen molar-refractivity contribution in [2.45, 2.75) is 19.3 Å². The lowest BCUT2D eigenvalue weighted by atomic mass is 9.82. The van der Waals surface area contributed by atoms with Crippen molar-refractivity contribution in [2.75, 3.05) is 4.90 Å². The number of para-hydroxylation sites is 1. The minimum Gasteiger partial charge on any atom is -0.456 e. The van der Waals surface area contributed by atoms with Crippen molar-refractivity contribution in [1.82, 2.24) is 0 Å². The monoisotopic (exact) mass is 603 g/mol. The molecule has 224 valence electrons. The van der Waals surface area contributed by atoms with Crippen LogP contribution in [0.15, 0.2) is 168 Å². The summed E-state index contributed by atoms with van der Waals surface area (Å²) < 4.78 is 6.09. The topological polar surface area (TPSA) is 16.4 Å². The molecule has 1 aromatic heterocycles. The van der Waals surface area contributed by atoms with Gasteiger partial charge in [-0.15, -0.1) is 0 Å². The Balaban J connectivity index is 1.15. The number of rotatable bonds is 5. The summed E-state index contributed by atoms with van der Waals surface area (Å²) in [4.78, 5) is 2.37. The third-order valence-corrected chi connectivity index (χ3v) is 9.89. The number of nitrogens with zero attached hydrogens (tertiary/aromatic N) is 1. The molecule has 0 bridgehead atoms. The van der Waals surface area contributed by atoms with Gasteiger partial charge in [0.1, 0.15) is 11.2 Å². The van der Waals surface area contributed by atoms with E-state index in [1.54, 1.807) is 0 Å². The van der Waals surface area contributed by atoms with Gasteiger partial charge in [-0.3, -0.25) is 0 Å². The summed E-state index contributed by atoms with van der Waals surface area (Å²) in [6.45, 7) is 4.67. The Morgan fingerprint density at radius 3 is 1.72 bits per heavy atom. The second-order valence-corrected chi connectivity index (χ2v) is 13.0. The second kappa shape index (κ2) is 10.6. The van der Waals surface area contributed by atoms with E-state index in [-0.39, 0.29) is 5.41 Å². The van der Waals surface area contributed by atoms with Gasteiger partial charge in [-0.25, -0.2) is 0 Å². The standard InChI is InChI=1S/C45H33NO/c1-45(2)41-14-8-6-12-37(41)39-29-36(25-26-42(39)45)46(34-21-16-31(17-22-34)30-10-4-3-5-11-30)35-23-18-32(19-24-35)33-20-27-44-40(28-33)38-13-7-9-15-43(38)47-44/h3-29H,1-2H3. The first-order valence-corrected chi connectivity index (χ1v) is 16.3. The quantitative estimate of drug-likeness (QED) is 0.195. The zero-order valence-corrected chi connectivity index (χ0v) is 26.4. The van der Waals surface area contributed by atoms with Crippen LogP contribution in [-0.4, -0.2) is 0 Å². The predicted octanol–water partition coefficient (Wildman–Crippen LogP) is 12.7. The lowest BCUT2D eigenvalue weighted by Crippen LogP contribution is -2.15. The fourth-order valence-electron chi connectivity index (χ4n) is 7.44. The van der Waals surface area contributed by atoms with Crippen LogP contribution >= 0.6 is 0 Å². The molecular weight excluding hydrogens is 571 g/mol. The summed E-state index contributed by atoms with van der Waals surface area (Å²) in [5.41, 5.74) is 15.3.